The van der Waals surface area contributed by atoms with Gasteiger partial charge in [-0.15, -0.1) is 11.6 Å². The lowest BCUT2D eigenvalue weighted by molar-refractivity contribution is 0.313. The summed E-state index contributed by atoms with van der Waals surface area (Å²) in [5.74, 6) is 2.89. The first-order valence-corrected chi connectivity index (χ1v) is 9.29. The van der Waals surface area contributed by atoms with E-state index < -0.39 is 0 Å². The molecule has 0 spiro atoms. The molecule has 4 aromatic rings. The predicted molar refractivity (Wildman–Crippen MR) is 109 cm³/mol. The van der Waals surface area contributed by atoms with E-state index in [1.807, 2.05) is 43.3 Å². The minimum Gasteiger partial charge on any atom is -0.493 e. The molecule has 0 aliphatic carbocycles. The summed E-state index contributed by atoms with van der Waals surface area (Å²) in [6.07, 6.45) is 3.42. The van der Waals surface area contributed by atoms with E-state index in [1.54, 1.807) is 19.5 Å². The summed E-state index contributed by atoms with van der Waals surface area (Å²) < 4.78 is 17.3. The second-order valence-electron chi connectivity index (χ2n) is 6.09. The minimum atomic E-state index is 0.385. The van der Waals surface area contributed by atoms with Gasteiger partial charge < -0.3 is 14.2 Å². The van der Waals surface area contributed by atoms with Gasteiger partial charge in [-0.2, -0.15) is 0 Å². The Labute approximate surface area is 167 Å². The van der Waals surface area contributed by atoms with Crippen molar-refractivity contribution in [2.24, 2.45) is 0 Å². The molecular formula is C21H18ClN3O3. The fourth-order valence-electron chi connectivity index (χ4n) is 2.94. The number of halogens is 1. The monoisotopic (exact) mass is 395 g/mol. The number of pyridine rings is 3. The molecule has 0 atom stereocenters. The average Bonchev–Trinajstić information content (AvgIpc) is 2.72. The third-order valence-corrected chi connectivity index (χ3v) is 4.43. The van der Waals surface area contributed by atoms with E-state index in [0.717, 1.165) is 22.0 Å². The quantitative estimate of drug-likeness (QED) is 0.432. The molecule has 0 amide bonds. The van der Waals surface area contributed by atoms with Crippen molar-refractivity contribution in [3.8, 4) is 23.0 Å². The number of aromatic nitrogens is 3. The van der Waals surface area contributed by atoms with Gasteiger partial charge >= 0.3 is 0 Å². The summed E-state index contributed by atoms with van der Waals surface area (Å²) in [5, 5.41) is 1.72. The maximum absolute atomic E-state index is 6.20. The molecule has 4 rings (SSSR count). The van der Waals surface area contributed by atoms with Gasteiger partial charge in [0.05, 0.1) is 24.2 Å². The zero-order valence-electron chi connectivity index (χ0n) is 15.5. The topological polar surface area (TPSA) is 66.4 Å². The van der Waals surface area contributed by atoms with Crippen LogP contribution in [-0.2, 0) is 0 Å². The molecule has 0 aliphatic rings. The Morgan fingerprint density at radius 1 is 0.964 bits per heavy atom. The molecule has 0 saturated carbocycles. The molecule has 7 heteroatoms. The highest BCUT2D eigenvalue weighted by atomic mass is 35.5. The Hall–Kier alpha value is -3.12. The average molecular weight is 396 g/mol. The van der Waals surface area contributed by atoms with Gasteiger partial charge in [-0.1, -0.05) is 0 Å². The Morgan fingerprint density at radius 3 is 2.68 bits per heavy atom. The molecule has 3 aromatic heterocycles. The fourth-order valence-corrected chi connectivity index (χ4v) is 3.01. The fraction of sp³-hybridized carbons (Fsp3) is 0.190. The van der Waals surface area contributed by atoms with E-state index in [1.165, 1.54) is 0 Å². The first-order valence-electron chi connectivity index (χ1n) is 8.75. The second kappa shape index (κ2) is 7.86. The number of methoxy groups -OCH3 is 1. The van der Waals surface area contributed by atoms with Gasteiger partial charge in [0.25, 0.3) is 0 Å². The van der Waals surface area contributed by atoms with Crippen LogP contribution in [-0.4, -0.2) is 34.5 Å². The number of rotatable bonds is 6. The van der Waals surface area contributed by atoms with E-state index in [2.05, 4.69) is 15.0 Å². The normalized spacial score (nSPS) is 11.0. The van der Waals surface area contributed by atoms with Crippen molar-refractivity contribution >= 4 is 33.5 Å². The lowest BCUT2D eigenvalue weighted by Crippen LogP contribution is -2.01. The van der Waals surface area contributed by atoms with E-state index in [4.69, 9.17) is 25.8 Å². The van der Waals surface area contributed by atoms with Gasteiger partial charge in [0.1, 0.15) is 18.1 Å². The third-order valence-electron chi connectivity index (χ3n) is 4.28. The summed E-state index contributed by atoms with van der Waals surface area (Å²) in [7, 11) is 1.59. The molecule has 1 aromatic carbocycles. The van der Waals surface area contributed by atoms with Crippen LogP contribution in [0.15, 0.2) is 48.8 Å². The van der Waals surface area contributed by atoms with E-state index >= 15 is 0 Å². The number of hydrogen-bond donors (Lipinski definition) is 0. The first-order chi connectivity index (χ1) is 13.7. The largest absolute Gasteiger partial charge is 0.493 e. The van der Waals surface area contributed by atoms with E-state index in [9.17, 15) is 0 Å². The van der Waals surface area contributed by atoms with Crippen molar-refractivity contribution in [1.29, 1.82) is 0 Å². The van der Waals surface area contributed by atoms with Crippen LogP contribution < -0.4 is 14.2 Å². The van der Waals surface area contributed by atoms with Gasteiger partial charge in [0.2, 0.25) is 0 Å². The molecule has 142 valence electrons. The zero-order valence-corrected chi connectivity index (χ0v) is 16.2. The van der Waals surface area contributed by atoms with Gasteiger partial charge in [-0.05, 0) is 37.3 Å². The molecule has 0 radical (unpaired) electrons. The van der Waals surface area contributed by atoms with Crippen molar-refractivity contribution in [3.05, 3.63) is 54.5 Å². The Bertz CT molecular complexity index is 1150. The van der Waals surface area contributed by atoms with E-state index in [0.29, 0.717) is 41.1 Å². The summed E-state index contributed by atoms with van der Waals surface area (Å²) in [5.41, 5.74) is 2.18. The van der Waals surface area contributed by atoms with Gasteiger partial charge in [0, 0.05) is 29.2 Å². The smallest absolute Gasteiger partial charge is 0.163 e. The molecule has 0 saturated heterocycles. The SMILES string of the molecule is COc1cc2c(Oc3cc4cccnc4nc3C)ccnc2cc1OCCCl. The van der Waals surface area contributed by atoms with Gasteiger partial charge in [-0.25, -0.2) is 9.97 Å². The molecule has 28 heavy (non-hydrogen) atoms. The number of hydrogen-bond acceptors (Lipinski definition) is 6. The van der Waals surface area contributed by atoms with Crippen molar-refractivity contribution < 1.29 is 14.2 Å². The second-order valence-corrected chi connectivity index (χ2v) is 6.47. The van der Waals surface area contributed by atoms with Crippen LogP contribution in [0.25, 0.3) is 21.9 Å². The van der Waals surface area contributed by atoms with Crippen molar-refractivity contribution in [3.63, 3.8) is 0 Å². The highest BCUT2D eigenvalue weighted by Gasteiger charge is 2.13. The molecule has 0 unspecified atom stereocenters. The summed E-state index contributed by atoms with van der Waals surface area (Å²) >= 11 is 5.73. The van der Waals surface area contributed by atoms with Gasteiger partial charge in [-0.3, -0.25) is 4.98 Å². The molecular weight excluding hydrogens is 378 g/mol. The van der Waals surface area contributed by atoms with Crippen LogP contribution in [0, 0.1) is 6.92 Å². The molecule has 3 heterocycles. The third kappa shape index (κ3) is 3.51. The number of benzene rings is 1. The number of alkyl halides is 1. The van der Waals surface area contributed by atoms with Crippen LogP contribution in [0.1, 0.15) is 5.69 Å². The molecule has 0 N–H and O–H groups in total. The molecule has 0 bridgehead atoms. The van der Waals surface area contributed by atoms with Gasteiger partial charge in [0.15, 0.2) is 17.1 Å². The maximum Gasteiger partial charge on any atom is 0.163 e. The lowest BCUT2D eigenvalue weighted by Gasteiger charge is -2.14. The maximum atomic E-state index is 6.20. The predicted octanol–water partition coefficient (Wildman–Crippen LogP) is 4.90. The summed E-state index contributed by atoms with van der Waals surface area (Å²) in [6, 6.07) is 11.3. The Morgan fingerprint density at radius 2 is 1.86 bits per heavy atom. The summed E-state index contributed by atoms with van der Waals surface area (Å²) in [6.45, 7) is 2.28. The van der Waals surface area contributed by atoms with Crippen LogP contribution >= 0.6 is 11.6 Å². The van der Waals surface area contributed by atoms with Crippen LogP contribution in [0.3, 0.4) is 0 Å². The van der Waals surface area contributed by atoms with Crippen LogP contribution in [0.4, 0.5) is 0 Å². The molecule has 0 fully saturated rings. The molecule has 6 nitrogen and oxygen atoms in total. The standard InChI is InChI=1S/C21H18ClN3O3/c1-13-18(10-14-4-3-7-24-21(14)25-13)28-17-5-8-23-16-12-20(27-9-6-22)19(26-2)11-15(16)17/h3-5,7-8,10-12H,6,9H2,1-2H3. The highest BCUT2D eigenvalue weighted by Crippen LogP contribution is 2.37. The zero-order chi connectivity index (χ0) is 19.5. The van der Waals surface area contributed by atoms with Crippen LogP contribution in [0.5, 0.6) is 23.0 Å². The highest BCUT2D eigenvalue weighted by molar-refractivity contribution is 6.18. The Balaban J connectivity index is 1.77. The first kappa shape index (κ1) is 18.3. The number of nitrogens with zero attached hydrogens (tertiary/aromatic N) is 3. The number of aryl methyl sites for hydroxylation is 1. The summed E-state index contributed by atoms with van der Waals surface area (Å²) in [4.78, 5) is 13.2. The van der Waals surface area contributed by atoms with Crippen LogP contribution in [0.2, 0.25) is 0 Å². The van der Waals surface area contributed by atoms with Crippen molar-refractivity contribution in [1.82, 2.24) is 15.0 Å². The number of fused-ring (bicyclic) bond motifs is 2. The Kier molecular flexibility index (Phi) is 5.12. The van der Waals surface area contributed by atoms with Crippen molar-refractivity contribution in [2.75, 3.05) is 19.6 Å². The van der Waals surface area contributed by atoms with Crippen molar-refractivity contribution in [2.45, 2.75) is 6.92 Å². The minimum absolute atomic E-state index is 0.385. The lowest BCUT2D eigenvalue weighted by atomic mass is 10.1. The number of ether oxygens (including phenoxy) is 3. The molecule has 0 aliphatic heterocycles. The van der Waals surface area contributed by atoms with E-state index in [-0.39, 0.29) is 0 Å².